The molecule has 7 nitrogen and oxygen atoms in total. The average molecular weight is 413 g/mol. The lowest BCUT2D eigenvalue weighted by Crippen LogP contribution is -2.49. The second-order valence-electron chi connectivity index (χ2n) is 8.15. The van der Waals surface area contributed by atoms with Crippen LogP contribution >= 0.6 is 0 Å². The van der Waals surface area contributed by atoms with Gasteiger partial charge in [0, 0.05) is 57.3 Å². The van der Waals surface area contributed by atoms with Crippen LogP contribution in [-0.2, 0) is 16.1 Å². The highest BCUT2D eigenvalue weighted by Crippen LogP contribution is 2.49. The Labute approximate surface area is 173 Å². The van der Waals surface area contributed by atoms with Gasteiger partial charge in [-0.25, -0.2) is 4.39 Å². The molecule has 3 heterocycles. The molecule has 1 saturated heterocycles. The van der Waals surface area contributed by atoms with E-state index >= 15 is 0 Å². The third-order valence-electron chi connectivity index (χ3n) is 6.29. The number of carbonyl (C=O) groups excluding carboxylic acids is 2. The van der Waals surface area contributed by atoms with Crippen molar-refractivity contribution in [2.24, 2.45) is 11.8 Å². The van der Waals surface area contributed by atoms with Gasteiger partial charge in [-0.3, -0.25) is 14.4 Å². The zero-order valence-corrected chi connectivity index (χ0v) is 17.1. The lowest BCUT2D eigenvalue weighted by atomic mass is 9.88. The van der Waals surface area contributed by atoms with Gasteiger partial charge in [-0.2, -0.15) is 0 Å². The molecule has 1 aromatic heterocycles. The molecule has 0 spiro atoms. The number of hydrogen-bond acceptors (Lipinski definition) is 4. The first-order valence-electron chi connectivity index (χ1n) is 9.86. The van der Waals surface area contributed by atoms with Gasteiger partial charge >= 0.3 is 0 Å². The highest BCUT2D eigenvalue weighted by Gasteiger charge is 2.56. The molecule has 0 saturated carbocycles. The standard InChI is InChI=1S/C22H24FN3O4/c1-12(28)26-19-16(17(11-27)20(26)22(30)24(2)3)10-25-18(19)9-8-15(21(25)29)13-4-6-14(23)7-5-13/h4-9,16-17,19-20,27H,10-11H2,1-3H3/t16-,17-,19+,20-/m1/s1. The number of pyridine rings is 1. The number of aromatic nitrogens is 1. The van der Waals surface area contributed by atoms with Gasteiger partial charge in [0.25, 0.3) is 5.56 Å². The van der Waals surface area contributed by atoms with Gasteiger partial charge in [0.1, 0.15) is 11.9 Å². The maximum Gasteiger partial charge on any atom is 0.258 e. The maximum atomic E-state index is 13.3. The number of fused-ring (bicyclic) bond motifs is 3. The number of nitrogens with zero attached hydrogens (tertiary/aromatic N) is 3. The van der Waals surface area contributed by atoms with Crippen LogP contribution in [0.15, 0.2) is 41.2 Å². The number of carbonyl (C=O) groups is 2. The normalized spacial score (nSPS) is 24.5. The lowest BCUT2D eigenvalue weighted by Gasteiger charge is -2.31. The molecule has 1 fully saturated rings. The number of aliphatic hydroxyl groups excluding tert-OH is 1. The van der Waals surface area contributed by atoms with E-state index in [1.165, 1.54) is 28.9 Å². The van der Waals surface area contributed by atoms with E-state index in [-0.39, 0.29) is 35.7 Å². The Morgan fingerprint density at radius 2 is 1.83 bits per heavy atom. The van der Waals surface area contributed by atoms with Crippen LogP contribution in [-0.4, -0.2) is 58.0 Å². The summed E-state index contributed by atoms with van der Waals surface area (Å²) in [4.78, 5) is 41.5. The fourth-order valence-electron chi connectivity index (χ4n) is 4.94. The molecule has 2 amide bonds. The molecular weight excluding hydrogens is 389 g/mol. The van der Waals surface area contributed by atoms with Crippen molar-refractivity contribution in [3.8, 4) is 11.1 Å². The topological polar surface area (TPSA) is 82.9 Å². The summed E-state index contributed by atoms with van der Waals surface area (Å²) >= 11 is 0. The summed E-state index contributed by atoms with van der Waals surface area (Å²) in [6.07, 6.45) is 0. The number of hydrogen-bond donors (Lipinski definition) is 1. The molecule has 0 radical (unpaired) electrons. The Morgan fingerprint density at radius 3 is 2.40 bits per heavy atom. The predicted octanol–water partition coefficient (Wildman–Crippen LogP) is 1.25. The Kier molecular flexibility index (Phi) is 4.97. The minimum absolute atomic E-state index is 0.232. The maximum absolute atomic E-state index is 13.3. The van der Waals surface area contributed by atoms with Crippen molar-refractivity contribution >= 4 is 11.8 Å². The largest absolute Gasteiger partial charge is 0.396 e. The zero-order chi connectivity index (χ0) is 21.7. The summed E-state index contributed by atoms with van der Waals surface area (Å²) in [6, 6.07) is 7.96. The first kappa shape index (κ1) is 20.3. The van der Waals surface area contributed by atoms with Crippen molar-refractivity contribution in [2.75, 3.05) is 20.7 Å². The monoisotopic (exact) mass is 413 g/mol. The summed E-state index contributed by atoms with van der Waals surface area (Å²) in [5.74, 6) is -1.61. The van der Waals surface area contributed by atoms with Crippen molar-refractivity contribution < 1.29 is 19.1 Å². The summed E-state index contributed by atoms with van der Waals surface area (Å²) in [6.45, 7) is 1.45. The van der Waals surface area contributed by atoms with Crippen LogP contribution in [0.2, 0.25) is 0 Å². The van der Waals surface area contributed by atoms with Crippen LogP contribution in [0.25, 0.3) is 11.1 Å². The van der Waals surface area contributed by atoms with Crippen molar-refractivity contribution in [3.63, 3.8) is 0 Å². The molecule has 4 rings (SSSR count). The Hall–Kier alpha value is -3.00. The van der Waals surface area contributed by atoms with Crippen molar-refractivity contribution in [2.45, 2.75) is 25.6 Å². The van der Waals surface area contributed by atoms with Crippen LogP contribution in [0.3, 0.4) is 0 Å². The van der Waals surface area contributed by atoms with Crippen molar-refractivity contribution in [3.05, 3.63) is 58.3 Å². The third kappa shape index (κ3) is 2.94. The van der Waals surface area contributed by atoms with Crippen LogP contribution in [0, 0.1) is 17.7 Å². The van der Waals surface area contributed by atoms with E-state index in [0.717, 1.165) is 0 Å². The van der Waals surface area contributed by atoms with E-state index in [9.17, 15) is 23.9 Å². The average Bonchev–Trinajstić information content (AvgIpc) is 3.23. The van der Waals surface area contributed by atoms with E-state index in [4.69, 9.17) is 0 Å². The summed E-state index contributed by atoms with van der Waals surface area (Å²) < 4.78 is 14.9. The van der Waals surface area contributed by atoms with Crippen molar-refractivity contribution in [1.82, 2.24) is 14.4 Å². The second-order valence-corrected chi connectivity index (χ2v) is 8.15. The molecule has 30 heavy (non-hydrogen) atoms. The number of benzene rings is 1. The zero-order valence-electron chi connectivity index (χ0n) is 17.1. The molecule has 0 unspecified atom stereocenters. The molecule has 4 atom stereocenters. The molecule has 8 heteroatoms. The van der Waals surface area contributed by atoms with Gasteiger partial charge in [0.15, 0.2) is 0 Å². The predicted molar refractivity (Wildman–Crippen MR) is 108 cm³/mol. The number of amides is 2. The van der Waals surface area contributed by atoms with Crippen LogP contribution in [0.1, 0.15) is 18.7 Å². The SMILES string of the molecule is CC(=O)N1[C@@H]2c3ccc(-c4ccc(F)cc4)c(=O)n3C[C@@H]2[C@@H](CO)[C@@H]1C(=O)N(C)C. The minimum atomic E-state index is -0.766. The van der Waals surface area contributed by atoms with Gasteiger partial charge in [0.2, 0.25) is 11.8 Å². The number of aliphatic hydroxyl groups is 1. The second kappa shape index (κ2) is 7.36. The van der Waals surface area contributed by atoms with E-state index in [1.54, 1.807) is 42.9 Å². The summed E-state index contributed by atoms with van der Waals surface area (Å²) in [5.41, 5.74) is 1.47. The summed E-state index contributed by atoms with van der Waals surface area (Å²) in [5, 5.41) is 10.1. The van der Waals surface area contributed by atoms with E-state index in [0.29, 0.717) is 23.4 Å². The van der Waals surface area contributed by atoms with Gasteiger partial charge < -0.3 is 19.5 Å². The summed E-state index contributed by atoms with van der Waals surface area (Å²) in [7, 11) is 3.24. The Morgan fingerprint density at radius 1 is 1.17 bits per heavy atom. The van der Waals surface area contributed by atoms with E-state index < -0.39 is 18.0 Å². The number of rotatable bonds is 3. The Balaban J connectivity index is 1.81. The number of halogens is 1. The van der Waals surface area contributed by atoms with Crippen LogP contribution in [0.4, 0.5) is 4.39 Å². The first-order valence-corrected chi connectivity index (χ1v) is 9.86. The first-order chi connectivity index (χ1) is 14.3. The lowest BCUT2D eigenvalue weighted by molar-refractivity contribution is -0.144. The molecule has 2 aromatic rings. The molecule has 158 valence electrons. The fourth-order valence-corrected chi connectivity index (χ4v) is 4.94. The molecule has 1 aromatic carbocycles. The van der Waals surface area contributed by atoms with Crippen molar-refractivity contribution in [1.29, 1.82) is 0 Å². The van der Waals surface area contributed by atoms with E-state index in [2.05, 4.69) is 0 Å². The fraction of sp³-hybridized carbons (Fsp3) is 0.409. The number of likely N-dealkylation sites (N-methyl/N-ethyl adjacent to an activating group) is 1. The van der Waals surface area contributed by atoms with Gasteiger partial charge in [0.05, 0.1) is 6.04 Å². The number of likely N-dealkylation sites (tertiary alicyclic amines) is 1. The molecule has 0 bridgehead atoms. The van der Waals surface area contributed by atoms with Gasteiger partial charge in [-0.1, -0.05) is 12.1 Å². The molecular formula is C22H24FN3O4. The molecule has 0 aliphatic carbocycles. The van der Waals surface area contributed by atoms with Crippen LogP contribution in [0.5, 0.6) is 0 Å². The molecule has 2 aliphatic heterocycles. The van der Waals surface area contributed by atoms with E-state index in [1.807, 2.05) is 0 Å². The highest BCUT2D eigenvalue weighted by molar-refractivity contribution is 5.88. The third-order valence-corrected chi connectivity index (χ3v) is 6.29. The smallest absolute Gasteiger partial charge is 0.258 e. The minimum Gasteiger partial charge on any atom is -0.396 e. The van der Waals surface area contributed by atoms with Gasteiger partial charge in [-0.05, 0) is 29.8 Å². The highest BCUT2D eigenvalue weighted by atomic mass is 19.1. The molecule has 2 aliphatic rings. The molecule has 1 N–H and O–H groups in total. The van der Waals surface area contributed by atoms with Crippen LogP contribution < -0.4 is 5.56 Å². The Bertz CT molecular complexity index is 1060. The quantitative estimate of drug-likeness (QED) is 0.821. The van der Waals surface area contributed by atoms with Gasteiger partial charge in [-0.15, -0.1) is 0 Å².